The molecule has 124 valence electrons. The monoisotopic (exact) mass is 328 g/mol. The Morgan fingerprint density at radius 1 is 1.33 bits per heavy atom. The van der Waals surface area contributed by atoms with Crippen molar-refractivity contribution in [1.82, 2.24) is 10.1 Å². The summed E-state index contributed by atoms with van der Waals surface area (Å²) in [6.07, 6.45) is 1.52. The van der Waals surface area contributed by atoms with Crippen LogP contribution in [0.2, 0.25) is 0 Å². The van der Waals surface area contributed by atoms with Crippen LogP contribution in [0.25, 0.3) is 22.0 Å². The maximum Gasteiger partial charge on any atom is 0.343 e. The number of carbonyl (C=O) groups is 1. The molecule has 0 spiro atoms. The minimum atomic E-state index is -0.504. The van der Waals surface area contributed by atoms with Crippen molar-refractivity contribution in [1.29, 1.82) is 0 Å². The summed E-state index contributed by atoms with van der Waals surface area (Å²) in [7, 11) is 1.29. The van der Waals surface area contributed by atoms with Gasteiger partial charge in [0.2, 0.25) is 0 Å². The Bertz CT molecular complexity index is 897. The van der Waals surface area contributed by atoms with Crippen molar-refractivity contribution in [2.75, 3.05) is 13.7 Å². The predicted octanol–water partition coefficient (Wildman–Crippen LogP) is 2.76. The Morgan fingerprint density at radius 2 is 2.12 bits per heavy atom. The van der Waals surface area contributed by atoms with E-state index in [2.05, 4.69) is 14.9 Å². The standard InChI is InChI=1S/C17H16N2O5/c1-9-17(10(2)24-19-9)12-6-13-11(14(20)4-5-18-13)7-15(12)23-8-16(21)22-3/h4-7H,8H2,1-3H3,(H,18,20). The first-order valence-electron chi connectivity index (χ1n) is 7.26. The van der Waals surface area contributed by atoms with Crippen LogP contribution < -0.4 is 4.74 Å². The van der Waals surface area contributed by atoms with Crippen molar-refractivity contribution in [2.45, 2.75) is 13.8 Å². The van der Waals surface area contributed by atoms with Crippen LogP contribution in [0.5, 0.6) is 11.5 Å². The molecule has 0 aliphatic heterocycles. The third-order valence-corrected chi connectivity index (χ3v) is 3.70. The molecule has 3 aromatic rings. The van der Waals surface area contributed by atoms with Gasteiger partial charge in [-0.1, -0.05) is 5.16 Å². The molecule has 0 atom stereocenters. The van der Waals surface area contributed by atoms with Gasteiger partial charge >= 0.3 is 5.97 Å². The lowest BCUT2D eigenvalue weighted by Gasteiger charge is -2.12. The minimum absolute atomic E-state index is 0.0771. The lowest BCUT2D eigenvalue weighted by Crippen LogP contribution is -2.13. The number of aryl methyl sites for hydroxylation is 2. The summed E-state index contributed by atoms with van der Waals surface area (Å²) in [6, 6.07) is 4.90. The molecule has 0 fully saturated rings. The average molecular weight is 328 g/mol. The van der Waals surface area contributed by atoms with Gasteiger partial charge in [-0.3, -0.25) is 4.98 Å². The lowest BCUT2D eigenvalue weighted by atomic mass is 10.0. The van der Waals surface area contributed by atoms with Gasteiger partial charge in [-0.15, -0.1) is 0 Å². The molecular formula is C17H16N2O5. The summed E-state index contributed by atoms with van der Waals surface area (Å²) in [6.45, 7) is 3.36. The molecule has 0 aliphatic rings. The fourth-order valence-corrected chi connectivity index (χ4v) is 2.54. The summed E-state index contributed by atoms with van der Waals surface area (Å²) >= 11 is 0. The highest BCUT2D eigenvalue weighted by atomic mass is 16.6. The number of aromatic nitrogens is 2. The van der Waals surface area contributed by atoms with Crippen molar-refractivity contribution < 1.29 is 23.9 Å². The zero-order chi connectivity index (χ0) is 17.3. The molecule has 0 amide bonds. The number of esters is 1. The predicted molar refractivity (Wildman–Crippen MR) is 85.9 cm³/mol. The number of nitrogens with zero attached hydrogens (tertiary/aromatic N) is 2. The van der Waals surface area contributed by atoms with Gasteiger partial charge in [-0.2, -0.15) is 0 Å². The Morgan fingerprint density at radius 3 is 2.79 bits per heavy atom. The molecule has 0 bridgehead atoms. The Kier molecular flexibility index (Phi) is 4.07. The second-order valence-corrected chi connectivity index (χ2v) is 5.26. The van der Waals surface area contributed by atoms with Gasteiger partial charge in [-0.05, 0) is 32.0 Å². The minimum Gasteiger partial charge on any atom is -0.507 e. The van der Waals surface area contributed by atoms with E-state index in [4.69, 9.17) is 9.26 Å². The molecule has 2 heterocycles. The van der Waals surface area contributed by atoms with Crippen LogP contribution in [0.4, 0.5) is 0 Å². The molecule has 2 aromatic heterocycles. The fourth-order valence-electron chi connectivity index (χ4n) is 2.54. The summed E-state index contributed by atoms with van der Waals surface area (Å²) in [5, 5.41) is 14.5. The van der Waals surface area contributed by atoms with Crippen molar-refractivity contribution in [2.24, 2.45) is 0 Å². The molecule has 1 N–H and O–H groups in total. The third-order valence-electron chi connectivity index (χ3n) is 3.70. The molecule has 0 saturated heterocycles. The molecule has 0 unspecified atom stereocenters. The van der Waals surface area contributed by atoms with Crippen LogP contribution in [0, 0.1) is 13.8 Å². The Labute approximate surface area is 137 Å². The first kappa shape index (κ1) is 15.8. The van der Waals surface area contributed by atoms with Gasteiger partial charge in [0.1, 0.15) is 17.3 Å². The number of ether oxygens (including phenoxy) is 2. The second kappa shape index (κ2) is 6.19. The number of hydrogen-bond donors (Lipinski definition) is 1. The van der Waals surface area contributed by atoms with E-state index in [1.165, 1.54) is 19.4 Å². The molecule has 0 radical (unpaired) electrons. The van der Waals surface area contributed by atoms with Crippen LogP contribution in [-0.2, 0) is 9.53 Å². The summed E-state index contributed by atoms with van der Waals surface area (Å²) < 4.78 is 15.4. The fraction of sp³-hybridized carbons (Fsp3) is 0.235. The number of benzene rings is 1. The van der Waals surface area contributed by atoms with Crippen molar-refractivity contribution >= 4 is 16.9 Å². The molecule has 3 rings (SSSR count). The summed E-state index contributed by atoms with van der Waals surface area (Å²) in [5.41, 5.74) is 2.73. The van der Waals surface area contributed by atoms with E-state index in [0.29, 0.717) is 33.7 Å². The highest BCUT2D eigenvalue weighted by Crippen LogP contribution is 2.39. The van der Waals surface area contributed by atoms with E-state index in [1.54, 1.807) is 19.1 Å². The van der Waals surface area contributed by atoms with E-state index >= 15 is 0 Å². The van der Waals surface area contributed by atoms with E-state index in [0.717, 1.165) is 5.56 Å². The number of rotatable bonds is 4. The van der Waals surface area contributed by atoms with Gasteiger partial charge in [0.25, 0.3) is 0 Å². The molecule has 0 aliphatic carbocycles. The quantitative estimate of drug-likeness (QED) is 0.736. The SMILES string of the molecule is COC(=O)COc1cc2c(O)ccnc2cc1-c1c(C)noc1C. The van der Waals surface area contributed by atoms with Crippen LogP contribution in [0.15, 0.2) is 28.9 Å². The number of methoxy groups -OCH3 is 1. The Balaban J connectivity index is 2.19. The van der Waals surface area contributed by atoms with Crippen LogP contribution in [0.1, 0.15) is 11.5 Å². The van der Waals surface area contributed by atoms with Crippen molar-refractivity contribution in [3.63, 3.8) is 0 Å². The first-order valence-corrected chi connectivity index (χ1v) is 7.26. The lowest BCUT2D eigenvalue weighted by molar-refractivity contribution is -0.142. The molecule has 7 nitrogen and oxygen atoms in total. The van der Waals surface area contributed by atoms with Gasteiger partial charge < -0.3 is 19.1 Å². The number of aromatic hydroxyl groups is 1. The molecule has 24 heavy (non-hydrogen) atoms. The topological polar surface area (TPSA) is 94.7 Å². The molecular weight excluding hydrogens is 312 g/mol. The number of fused-ring (bicyclic) bond motifs is 1. The third kappa shape index (κ3) is 2.76. The zero-order valence-corrected chi connectivity index (χ0v) is 13.5. The number of pyridine rings is 1. The molecule has 0 saturated carbocycles. The highest BCUT2D eigenvalue weighted by molar-refractivity contribution is 5.92. The van der Waals surface area contributed by atoms with Crippen molar-refractivity contribution in [3.05, 3.63) is 35.9 Å². The molecule has 7 heteroatoms. The van der Waals surface area contributed by atoms with Crippen LogP contribution in [0.3, 0.4) is 0 Å². The van der Waals surface area contributed by atoms with Gasteiger partial charge in [0, 0.05) is 17.1 Å². The van der Waals surface area contributed by atoms with Gasteiger partial charge in [0.05, 0.1) is 23.9 Å². The van der Waals surface area contributed by atoms with E-state index in [-0.39, 0.29) is 12.4 Å². The summed E-state index contributed by atoms with van der Waals surface area (Å²) in [5.74, 6) is 0.601. The maximum absolute atomic E-state index is 11.4. The smallest absolute Gasteiger partial charge is 0.343 e. The van der Waals surface area contributed by atoms with E-state index in [9.17, 15) is 9.90 Å². The second-order valence-electron chi connectivity index (χ2n) is 5.26. The normalized spacial score (nSPS) is 10.8. The van der Waals surface area contributed by atoms with E-state index < -0.39 is 5.97 Å². The zero-order valence-electron chi connectivity index (χ0n) is 13.5. The largest absolute Gasteiger partial charge is 0.507 e. The van der Waals surface area contributed by atoms with E-state index in [1.807, 2.05) is 6.92 Å². The summed E-state index contributed by atoms with van der Waals surface area (Å²) in [4.78, 5) is 15.7. The average Bonchev–Trinajstić information content (AvgIpc) is 2.91. The first-order chi connectivity index (χ1) is 11.5. The number of hydrogen-bond acceptors (Lipinski definition) is 7. The number of carbonyl (C=O) groups excluding carboxylic acids is 1. The van der Waals surface area contributed by atoms with Crippen LogP contribution in [-0.4, -0.2) is 34.9 Å². The highest BCUT2D eigenvalue weighted by Gasteiger charge is 2.19. The van der Waals surface area contributed by atoms with Gasteiger partial charge in [0.15, 0.2) is 6.61 Å². The van der Waals surface area contributed by atoms with Crippen LogP contribution >= 0.6 is 0 Å². The Hall–Kier alpha value is -3.09. The molecule has 1 aromatic carbocycles. The maximum atomic E-state index is 11.4. The van der Waals surface area contributed by atoms with Crippen molar-refractivity contribution in [3.8, 4) is 22.6 Å². The van der Waals surface area contributed by atoms with Gasteiger partial charge in [-0.25, -0.2) is 4.79 Å².